The van der Waals surface area contributed by atoms with Crippen LogP contribution in [-0.4, -0.2) is 30.6 Å². The molecular formula is C15H20FNO2. The maximum Gasteiger partial charge on any atom is 0.159 e. The van der Waals surface area contributed by atoms with Gasteiger partial charge in [0.2, 0.25) is 0 Å². The van der Waals surface area contributed by atoms with Crippen molar-refractivity contribution in [3.8, 4) is 0 Å². The van der Waals surface area contributed by atoms with Gasteiger partial charge in [-0.2, -0.15) is 0 Å². The highest BCUT2D eigenvalue weighted by Crippen LogP contribution is 2.28. The van der Waals surface area contributed by atoms with E-state index in [0.29, 0.717) is 24.3 Å². The van der Waals surface area contributed by atoms with E-state index < -0.39 is 0 Å². The Bertz CT molecular complexity index is 499. The second-order valence-electron chi connectivity index (χ2n) is 5.79. The molecular weight excluding hydrogens is 245 g/mol. The van der Waals surface area contributed by atoms with Crippen molar-refractivity contribution in [1.29, 1.82) is 0 Å². The third-order valence-electron chi connectivity index (χ3n) is 3.26. The summed E-state index contributed by atoms with van der Waals surface area (Å²) >= 11 is 0. The highest BCUT2D eigenvalue weighted by atomic mass is 19.1. The van der Waals surface area contributed by atoms with Crippen molar-refractivity contribution in [2.75, 3.05) is 18.0 Å². The molecule has 0 saturated carbocycles. The third-order valence-corrected chi connectivity index (χ3v) is 3.26. The van der Waals surface area contributed by atoms with Gasteiger partial charge in [0.15, 0.2) is 5.78 Å². The van der Waals surface area contributed by atoms with E-state index in [1.54, 1.807) is 12.1 Å². The molecule has 0 amide bonds. The summed E-state index contributed by atoms with van der Waals surface area (Å²) in [7, 11) is 0. The zero-order valence-electron chi connectivity index (χ0n) is 11.9. The van der Waals surface area contributed by atoms with Crippen LogP contribution in [-0.2, 0) is 4.74 Å². The molecule has 104 valence electrons. The van der Waals surface area contributed by atoms with Crippen molar-refractivity contribution in [1.82, 2.24) is 0 Å². The predicted molar refractivity (Wildman–Crippen MR) is 73.2 cm³/mol. The Labute approximate surface area is 113 Å². The molecule has 1 unspecified atom stereocenters. The molecule has 3 nitrogen and oxygen atoms in total. The molecule has 0 spiro atoms. The quantitative estimate of drug-likeness (QED) is 0.770. The van der Waals surface area contributed by atoms with Crippen molar-refractivity contribution < 1.29 is 13.9 Å². The van der Waals surface area contributed by atoms with Gasteiger partial charge in [-0.15, -0.1) is 0 Å². The van der Waals surface area contributed by atoms with Gasteiger partial charge in [0.1, 0.15) is 5.82 Å². The van der Waals surface area contributed by atoms with Gasteiger partial charge in [-0.25, -0.2) is 4.39 Å². The second kappa shape index (κ2) is 4.93. The van der Waals surface area contributed by atoms with E-state index in [1.807, 2.05) is 25.7 Å². The largest absolute Gasteiger partial charge is 0.369 e. The summed E-state index contributed by atoms with van der Waals surface area (Å²) in [6, 6.07) is 4.67. The maximum absolute atomic E-state index is 14.1. The molecule has 19 heavy (non-hydrogen) atoms. The number of rotatable bonds is 2. The predicted octanol–water partition coefficient (Wildman–Crippen LogP) is 3.03. The Morgan fingerprint density at radius 3 is 2.68 bits per heavy atom. The highest BCUT2D eigenvalue weighted by molar-refractivity contribution is 5.94. The van der Waals surface area contributed by atoms with E-state index in [9.17, 15) is 9.18 Å². The third kappa shape index (κ3) is 3.13. The maximum atomic E-state index is 14.1. The van der Waals surface area contributed by atoms with E-state index in [-0.39, 0.29) is 23.3 Å². The van der Waals surface area contributed by atoms with Gasteiger partial charge in [-0.3, -0.25) is 4.79 Å². The average molecular weight is 265 g/mol. The number of carbonyl (C=O) groups is 1. The number of morpholine rings is 1. The Kier molecular flexibility index (Phi) is 3.63. The molecule has 0 aliphatic carbocycles. The molecule has 1 aromatic carbocycles. The van der Waals surface area contributed by atoms with Crippen LogP contribution in [0.3, 0.4) is 0 Å². The molecule has 0 bridgehead atoms. The summed E-state index contributed by atoms with van der Waals surface area (Å²) < 4.78 is 19.9. The van der Waals surface area contributed by atoms with Crippen LogP contribution < -0.4 is 4.90 Å². The first kappa shape index (κ1) is 14.0. The topological polar surface area (TPSA) is 29.5 Å². The molecule has 1 saturated heterocycles. The Morgan fingerprint density at radius 2 is 2.16 bits per heavy atom. The van der Waals surface area contributed by atoms with Gasteiger partial charge in [-0.1, -0.05) is 0 Å². The van der Waals surface area contributed by atoms with Crippen LogP contribution in [0.4, 0.5) is 10.1 Å². The van der Waals surface area contributed by atoms with Crippen LogP contribution in [0.15, 0.2) is 18.2 Å². The van der Waals surface area contributed by atoms with Crippen molar-refractivity contribution >= 4 is 11.5 Å². The Balaban J connectivity index is 2.29. The van der Waals surface area contributed by atoms with Crippen molar-refractivity contribution in [3.05, 3.63) is 29.6 Å². The monoisotopic (exact) mass is 265 g/mol. The number of halogens is 1. The van der Waals surface area contributed by atoms with Crippen LogP contribution in [0.5, 0.6) is 0 Å². The number of ketones is 1. The van der Waals surface area contributed by atoms with E-state index >= 15 is 0 Å². The van der Waals surface area contributed by atoms with Gasteiger partial charge in [0.25, 0.3) is 0 Å². The number of Topliss-reactive ketones (excluding diaryl/α,β-unsaturated/α-hetero) is 1. The molecule has 2 rings (SSSR count). The number of benzene rings is 1. The number of hydrogen-bond acceptors (Lipinski definition) is 3. The zero-order chi connectivity index (χ0) is 14.2. The minimum absolute atomic E-state index is 0.0515. The number of hydrogen-bond donors (Lipinski definition) is 0. The van der Waals surface area contributed by atoms with Gasteiger partial charge >= 0.3 is 0 Å². The summed E-state index contributed by atoms with van der Waals surface area (Å²) in [6.45, 7) is 8.70. The molecule has 1 heterocycles. The highest BCUT2D eigenvalue weighted by Gasteiger charge is 2.32. The molecule has 1 aliphatic rings. The number of nitrogens with zero attached hydrogens (tertiary/aromatic N) is 1. The van der Waals surface area contributed by atoms with Gasteiger partial charge in [-0.05, 0) is 45.9 Å². The van der Waals surface area contributed by atoms with E-state index in [2.05, 4.69) is 0 Å². The zero-order valence-corrected chi connectivity index (χ0v) is 11.9. The summed E-state index contributed by atoms with van der Waals surface area (Å²) in [5.41, 5.74) is 0.638. The van der Waals surface area contributed by atoms with Crippen LogP contribution in [0.25, 0.3) is 0 Å². The minimum Gasteiger partial charge on any atom is -0.369 e. The smallest absolute Gasteiger partial charge is 0.159 e. The Morgan fingerprint density at radius 1 is 1.47 bits per heavy atom. The molecule has 0 N–H and O–H groups in total. The van der Waals surface area contributed by atoms with Crippen molar-refractivity contribution in [3.63, 3.8) is 0 Å². The molecule has 4 heteroatoms. The molecule has 0 aromatic heterocycles. The lowest BCUT2D eigenvalue weighted by molar-refractivity contribution is -0.0751. The summed E-state index contributed by atoms with van der Waals surface area (Å²) in [6.07, 6.45) is 0.0515. The van der Waals surface area contributed by atoms with Gasteiger partial charge in [0.05, 0.1) is 17.4 Å². The van der Waals surface area contributed by atoms with Gasteiger partial charge < -0.3 is 9.64 Å². The first-order chi connectivity index (χ1) is 8.78. The number of ether oxygens (including phenoxy) is 1. The fourth-order valence-corrected chi connectivity index (χ4v) is 2.62. The molecule has 1 aromatic rings. The van der Waals surface area contributed by atoms with E-state index in [1.165, 1.54) is 13.0 Å². The number of carbonyl (C=O) groups excluding carboxylic acids is 1. The van der Waals surface area contributed by atoms with Crippen LogP contribution in [0, 0.1) is 5.82 Å². The van der Waals surface area contributed by atoms with Crippen molar-refractivity contribution in [2.45, 2.75) is 39.4 Å². The average Bonchev–Trinajstić information content (AvgIpc) is 2.25. The standard InChI is InChI=1S/C15H20FNO2/c1-10-8-17(9-15(3,4)19-10)14-6-5-12(11(2)18)7-13(14)16/h5-7,10H,8-9H2,1-4H3. The normalized spacial score (nSPS) is 22.4. The lowest BCUT2D eigenvalue weighted by atomic mass is 10.0. The van der Waals surface area contributed by atoms with E-state index in [4.69, 9.17) is 4.74 Å². The summed E-state index contributed by atoms with van der Waals surface area (Å²) in [4.78, 5) is 13.2. The van der Waals surface area contributed by atoms with Gasteiger partial charge in [0, 0.05) is 18.7 Å². The summed E-state index contributed by atoms with van der Waals surface area (Å²) in [5.74, 6) is -0.473. The first-order valence-corrected chi connectivity index (χ1v) is 6.52. The van der Waals surface area contributed by atoms with Crippen LogP contribution in [0.2, 0.25) is 0 Å². The van der Waals surface area contributed by atoms with Crippen LogP contribution >= 0.6 is 0 Å². The lowest BCUT2D eigenvalue weighted by Crippen LogP contribution is -2.52. The molecule has 1 fully saturated rings. The molecule has 1 atom stereocenters. The fourth-order valence-electron chi connectivity index (χ4n) is 2.62. The van der Waals surface area contributed by atoms with Crippen LogP contribution in [0.1, 0.15) is 38.1 Å². The second-order valence-corrected chi connectivity index (χ2v) is 5.79. The lowest BCUT2D eigenvalue weighted by Gasteiger charge is -2.43. The summed E-state index contributed by atoms with van der Waals surface area (Å²) in [5, 5.41) is 0. The molecule has 0 radical (unpaired) electrons. The minimum atomic E-state index is -0.349. The van der Waals surface area contributed by atoms with E-state index in [0.717, 1.165) is 0 Å². The van der Waals surface area contributed by atoms with Crippen molar-refractivity contribution in [2.24, 2.45) is 0 Å². The fraction of sp³-hybridized carbons (Fsp3) is 0.533. The molecule has 1 aliphatic heterocycles. The Hall–Kier alpha value is -1.42. The SMILES string of the molecule is CC(=O)c1ccc(N2CC(C)OC(C)(C)C2)c(F)c1. The first-order valence-electron chi connectivity index (χ1n) is 6.52. The number of anilines is 1.